The summed E-state index contributed by atoms with van der Waals surface area (Å²) in [7, 11) is 0. The third-order valence-corrected chi connectivity index (χ3v) is 4.33. The Balaban J connectivity index is 2.50. The molecule has 4 atom stereocenters. The van der Waals surface area contributed by atoms with Crippen molar-refractivity contribution in [2.75, 3.05) is 0 Å². The molecule has 6 heteroatoms. The maximum absolute atomic E-state index is 12.0. The van der Waals surface area contributed by atoms with Gasteiger partial charge in [-0.2, -0.15) is 0 Å². The second-order valence-electron chi connectivity index (χ2n) is 6.58. The van der Waals surface area contributed by atoms with Gasteiger partial charge in [0.15, 0.2) is 5.78 Å². The van der Waals surface area contributed by atoms with Crippen molar-refractivity contribution in [1.82, 2.24) is 0 Å². The summed E-state index contributed by atoms with van der Waals surface area (Å²) in [6, 6.07) is 0. The minimum absolute atomic E-state index is 0.135. The molecule has 1 fully saturated rings. The molecule has 25 heavy (non-hydrogen) atoms. The number of ether oxygens (including phenoxy) is 2. The van der Waals surface area contributed by atoms with Gasteiger partial charge in [0.1, 0.15) is 18.3 Å². The van der Waals surface area contributed by atoms with E-state index >= 15 is 0 Å². The van der Waals surface area contributed by atoms with E-state index in [2.05, 4.69) is 13.2 Å². The van der Waals surface area contributed by atoms with E-state index in [9.17, 15) is 19.5 Å². The SMILES string of the molecule is C=C(C)C(=O)O[C@H]1CC(C)=CC(=O)/C=C(/C)[C@H](O)[C@H]2OC(=O)C(=C)[C@@H]21. The van der Waals surface area contributed by atoms with Gasteiger partial charge in [-0.15, -0.1) is 0 Å². The number of carbonyl (C=O) groups excluding carboxylic acids is 3. The summed E-state index contributed by atoms with van der Waals surface area (Å²) >= 11 is 0. The minimum atomic E-state index is -1.20. The Bertz CT molecular complexity index is 711. The number of hydrogen-bond donors (Lipinski definition) is 1. The number of hydrogen-bond acceptors (Lipinski definition) is 6. The Morgan fingerprint density at radius 2 is 1.96 bits per heavy atom. The van der Waals surface area contributed by atoms with Crippen LogP contribution >= 0.6 is 0 Å². The lowest BCUT2D eigenvalue weighted by molar-refractivity contribution is -0.150. The number of rotatable bonds is 2. The van der Waals surface area contributed by atoms with Gasteiger partial charge in [-0.25, -0.2) is 9.59 Å². The van der Waals surface area contributed by atoms with Crippen LogP contribution in [-0.4, -0.2) is 41.1 Å². The highest BCUT2D eigenvalue weighted by Gasteiger charge is 2.48. The van der Waals surface area contributed by atoms with E-state index in [-0.39, 0.29) is 23.4 Å². The molecule has 2 rings (SSSR count). The first-order chi connectivity index (χ1) is 11.6. The molecule has 0 aromatic rings. The van der Waals surface area contributed by atoms with Crippen molar-refractivity contribution in [3.63, 3.8) is 0 Å². The van der Waals surface area contributed by atoms with Gasteiger partial charge in [0.05, 0.1) is 5.92 Å². The van der Waals surface area contributed by atoms with E-state index in [4.69, 9.17) is 9.47 Å². The molecule has 0 unspecified atom stereocenters. The molecule has 0 spiro atoms. The number of aliphatic hydroxyl groups excluding tert-OH is 1. The third-order valence-electron chi connectivity index (χ3n) is 4.33. The van der Waals surface area contributed by atoms with Crippen LogP contribution in [0.4, 0.5) is 0 Å². The first kappa shape index (κ1) is 18.9. The zero-order valence-electron chi connectivity index (χ0n) is 14.6. The van der Waals surface area contributed by atoms with Crippen LogP contribution in [0, 0.1) is 5.92 Å². The predicted molar refractivity (Wildman–Crippen MR) is 90.3 cm³/mol. The third kappa shape index (κ3) is 3.96. The van der Waals surface area contributed by atoms with Crippen molar-refractivity contribution in [2.45, 2.75) is 45.5 Å². The quantitative estimate of drug-likeness (QED) is 0.606. The molecular formula is C19H22O6. The van der Waals surface area contributed by atoms with Gasteiger partial charge >= 0.3 is 11.9 Å². The van der Waals surface area contributed by atoms with Crippen molar-refractivity contribution in [2.24, 2.45) is 5.92 Å². The summed E-state index contributed by atoms with van der Waals surface area (Å²) in [4.78, 5) is 36.0. The van der Waals surface area contributed by atoms with Crippen molar-refractivity contribution in [1.29, 1.82) is 0 Å². The molecule has 1 aliphatic heterocycles. The fourth-order valence-corrected chi connectivity index (χ4v) is 3.01. The number of aliphatic hydroxyl groups is 1. The normalized spacial score (nSPS) is 32.1. The average molecular weight is 346 g/mol. The largest absolute Gasteiger partial charge is 0.458 e. The first-order valence-corrected chi connectivity index (χ1v) is 7.95. The maximum Gasteiger partial charge on any atom is 0.334 e. The summed E-state index contributed by atoms with van der Waals surface area (Å²) in [5.74, 6) is -2.27. The zero-order valence-corrected chi connectivity index (χ0v) is 14.6. The molecule has 2 aliphatic rings. The molecule has 6 nitrogen and oxygen atoms in total. The zero-order chi connectivity index (χ0) is 18.9. The van der Waals surface area contributed by atoms with Crippen LogP contribution in [0.2, 0.25) is 0 Å². The molecule has 1 aliphatic carbocycles. The van der Waals surface area contributed by atoms with Gasteiger partial charge in [0.2, 0.25) is 0 Å². The standard InChI is InChI=1S/C19H22O6/c1-9(2)18(22)24-14-7-10(3)6-13(20)8-11(4)16(21)17-15(14)12(5)19(23)25-17/h6,8,14-17,21H,1,5,7H2,2-4H3/b10-6?,11-8-/t14-,15+,16-,17-/m0/s1. The topological polar surface area (TPSA) is 89.9 Å². The van der Waals surface area contributed by atoms with Gasteiger partial charge in [-0.3, -0.25) is 4.79 Å². The van der Waals surface area contributed by atoms with E-state index in [1.807, 2.05) is 0 Å². The lowest BCUT2D eigenvalue weighted by Gasteiger charge is -2.30. The molecule has 0 aromatic heterocycles. The molecule has 134 valence electrons. The molecule has 1 N–H and O–H groups in total. The fraction of sp³-hybridized carbons (Fsp3) is 0.421. The smallest absolute Gasteiger partial charge is 0.334 e. The van der Waals surface area contributed by atoms with Crippen molar-refractivity contribution in [3.8, 4) is 0 Å². The number of carbonyl (C=O) groups is 3. The molecule has 0 bridgehead atoms. The van der Waals surface area contributed by atoms with Crippen LogP contribution in [0.1, 0.15) is 27.2 Å². The monoisotopic (exact) mass is 346 g/mol. The first-order valence-electron chi connectivity index (χ1n) is 7.95. The van der Waals surface area contributed by atoms with Crippen molar-refractivity contribution < 1.29 is 29.0 Å². The summed E-state index contributed by atoms with van der Waals surface area (Å²) in [6.45, 7) is 12.1. The molecule has 1 heterocycles. The Morgan fingerprint density at radius 1 is 1.32 bits per heavy atom. The van der Waals surface area contributed by atoms with Crippen LogP contribution in [0.15, 0.2) is 47.6 Å². The fourth-order valence-electron chi connectivity index (χ4n) is 3.01. The average Bonchev–Trinajstić information content (AvgIpc) is 2.80. The van der Waals surface area contributed by atoms with Crippen LogP contribution < -0.4 is 0 Å². The van der Waals surface area contributed by atoms with Gasteiger partial charge in [0, 0.05) is 17.6 Å². The van der Waals surface area contributed by atoms with Crippen LogP contribution in [0.5, 0.6) is 0 Å². The molecule has 0 amide bonds. The van der Waals surface area contributed by atoms with E-state index in [0.29, 0.717) is 11.1 Å². The van der Waals surface area contributed by atoms with Gasteiger partial charge < -0.3 is 14.6 Å². The molecule has 1 saturated heterocycles. The summed E-state index contributed by atoms with van der Waals surface area (Å²) in [6.07, 6.45) is -0.0503. The Morgan fingerprint density at radius 3 is 2.56 bits per heavy atom. The highest BCUT2D eigenvalue weighted by molar-refractivity contribution is 6.00. The number of allylic oxidation sites excluding steroid dienone is 2. The Kier molecular flexibility index (Phi) is 5.42. The lowest BCUT2D eigenvalue weighted by Crippen LogP contribution is -2.41. The molecule has 0 aromatic carbocycles. The predicted octanol–water partition coefficient (Wildman–Crippen LogP) is 1.80. The highest BCUT2D eigenvalue weighted by Crippen LogP contribution is 2.37. The van der Waals surface area contributed by atoms with Gasteiger partial charge in [-0.1, -0.05) is 18.7 Å². The number of esters is 2. The van der Waals surface area contributed by atoms with Gasteiger partial charge in [0.25, 0.3) is 0 Å². The highest BCUT2D eigenvalue weighted by atomic mass is 16.6. The van der Waals surface area contributed by atoms with Crippen LogP contribution in [-0.2, 0) is 23.9 Å². The molecular weight excluding hydrogens is 324 g/mol. The number of ketones is 1. The summed E-state index contributed by atoms with van der Waals surface area (Å²) in [5.41, 5.74) is 1.38. The van der Waals surface area contributed by atoms with E-state index < -0.39 is 36.2 Å². The maximum atomic E-state index is 12.0. The van der Waals surface area contributed by atoms with Crippen LogP contribution in [0.3, 0.4) is 0 Å². The Labute approximate surface area is 146 Å². The van der Waals surface area contributed by atoms with E-state index in [1.165, 1.54) is 19.1 Å². The minimum Gasteiger partial charge on any atom is -0.458 e. The second kappa shape index (κ2) is 7.19. The van der Waals surface area contributed by atoms with E-state index in [0.717, 1.165) is 0 Å². The van der Waals surface area contributed by atoms with Crippen molar-refractivity contribution in [3.05, 3.63) is 47.6 Å². The van der Waals surface area contributed by atoms with Gasteiger partial charge in [-0.05, 0) is 38.5 Å². The molecule has 0 saturated carbocycles. The molecule has 0 radical (unpaired) electrons. The number of fused-ring (bicyclic) bond motifs is 1. The second-order valence-corrected chi connectivity index (χ2v) is 6.58. The van der Waals surface area contributed by atoms with Crippen molar-refractivity contribution >= 4 is 17.7 Å². The van der Waals surface area contributed by atoms with E-state index in [1.54, 1.807) is 13.8 Å². The van der Waals surface area contributed by atoms with Crippen LogP contribution in [0.25, 0.3) is 0 Å². The summed E-state index contributed by atoms with van der Waals surface area (Å²) in [5, 5.41) is 10.5. The Hall–Kier alpha value is -2.47. The summed E-state index contributed by atoms with van der Waals surface area (Å²) < 4.78 is 10.8. The lowest BCUT2D eigenvalue weighted by atomic mass is 9.83.